The van der Waals surface area contributed by atoms with E-state index < -0.39 is 6.03 Å². The van der Waals surface area contributed by atoms with Gasteiger partial charge in [0.1, 0.15) is 5.82 Å². The van der Waals surface area contributed by atoms with Crippen molar-refractivity contribution < 1.29 is 14.0 Å². The Balaban J connectivity index is 1.51. The number of nitrogens with one attached hydrogen (secondary N) is 3. The number of amides is 3. The predicted molar refractivity (Wildman–Crippen MR) is 105 cm³/mol. The number of urea groups is 1. The van der Waals surface area contributed by atoms with E-state index >= 15 is 0 Å². The second-order valence-electron chi connectivity index (χ2n) is 5.46. The maximum atomic E-state index is 12.9. The lowest BCUT2D eigenvalue weighted by Crippen LogP contribution is -2.19. The van der Waals surface area contributed by atoms with Gasteiger partial charge in [0.25, 0.3) is 0 Å². The predicted octanol–water partition coefficient (Wildman–Crippen LogP) is 4.76. The highest BCUT2D eigenvalue weighted by atomic mass is 35.5. The molecule has 138 valence electrons. The van der Waals surface area contributed by atoms with Gasteiger partial charge in [0.2, 0.25) is 5.91 Å². The van der Waals surface area contributed by atoms with Gasteiger partial charge in [0.05, 0.1) is 12.1 Å². The summed E-state index contributed by atoms with van der Waals surface area (Å²) in [4.78, 5) is 28.2. The van der Waals surface area contributed by atoms with Crippen molar-refractivity contribution in [3.63, 3.8) is 0 Å². The van der Waals surface area contributed by atoms with E-state index in [0.29, 0.717) is 27.2 Å². The molecule has 0 aliphatic rings. The zero-order valence-electron chi connectivity index (χ0n) is 13.8. The number of anilines is 3. The third-order valence-electron chi connectivity index (χ3n) is 3.34. The Kier molecular flexibility index (Phi) is 6.00. The SMILES string of the molecule is O=C(Cc1csc(NC(=O)Nc2ccc(F)cc2)n1)Nc1ccc(Cl)cc1. The molecule has 0 bridgehead atoms. The topological polar surface area (TPSA) is 83.1 Å². The average Bonchev–Trinajstić information content (AvgIpc) is 3.05. The third-order valence-corrected chi connectivity index (χ3v) is 4.40. The number of halogens is 2. The van der Waals surface area contributed by atoms with Crippen LogP contribution in [0.3, 0.4) is 0 Å². The molecule has 0 aliphatic heterocycles. The first-order valence-electron chi connectivity index (χ1n) is 7.81. The molecule has 6 nitrogen and oxygen atoms in total. The normalized spacial score (nSPS) is 10.3. The van der Waals surface area contributed by atoms with E-state index in [2.05, 4.69) is 20.9 Å². The molecule has 0 saturated heterocycles. The Morgan fingerprint density at radius 3 is 2.30 bits per heavy atom. The highest BCUT2D eigenvalue weighted by molar-refractivity contribution is 7.14. The Labute approximate surface area is 163 Å². The minimum Gasteiger partial charge on any atom is -0.326 e. The summed E-state index contributed by atoms with van der Waals surface area (Å²) in [7, 11) is 0. The van der Waals surface area contributed by atoms with Crippen molar-refractivity contribution in [2.75, 3.05) is 16.0 Å². The molecule has 0 fully saturated rings. The third kappa shape index (κ3) is 5.77. The molecule has 3 aromatic rings. The highest BCUT2D eigenvalue weighted by Crippen LogP contribution is 2.18. The number of rotatable bonds is 5. The smallest absolute Gasteiger partial charge is 0.325 e. The van der Waals surface area contributed by atoms with Crippen molar-refractivity contribution in [2.45, 2.75) is 6.42 Å². The summed E-state index contributed by atoms with van der Waals surface area (Å²) >= 11 is 7.00. The Morgan fingerprint density at radius 2 is 1.59 bits per heavy atom. The molecule has 1 aromatic heterocycles. The van der Waals surface area contributed by atoms with Gasteiger partial charge in [-0.05, 0) is 48.5 Å². The molecule has 0 radical (unpaired) electrons. The number of benzene rings is 2. The van der Waals surface area contributed by atoms with Gasteiger partial charge in [0, 0.05) is 21.8 Å². The molecule has 0 unspecified atom stereocenters. The van der Waals surface area contributed by atoms with Crippen LogP contribution in [0.1, 0.15) is 5.69 Å². The van der Waals surface area contributed by atoms with Gasteiger partial charge in [-0.15, -0.1) is 11.3 Å². The summed E-state index contributed by atoms with van der Waals surface area (Å²) in [5.74, 6) is -0.618. The van der Waals surface area contributed by atoms with Crippen LogP contribution in [-0.2, 0) is 11.2 Å². The Bertz CT molecular complexity index is 869. The van der Waals surface area contributed by atoms with E-state index in [0.717, 1.165) is 0 Å². The van der Waals surface area contributed by atoms with Crippen LogP contribution in [0.15, 0.2) is 53.9 Å². The maximum Gasteiger partial charge on any atom is 0.325 e. The van der Waals surface area contributed by atoms with Crippen molar-refractivity contribution in [3.05, 3.63) is 70.4 Å². The molecule has 1 heterocycles. The summed E-state index contributed by atoms with van der Waals surface area (Å²) in [5.41, 5.74) is 1.62. The van der Waals surface area contributed by atoms with E-state index in [-0.39, 0.29) is 18.1 Å². The fourth-order valence-corrected chi connectivity index (χ4v) is 2.97. The van der Waals surface area contributed by atoms with Crippen LogP contribution < -0.4 is 16.0 Å². The fourth-order valence-electron chi connectivity index (χ4n) is 2.14. The van der Waals surface area contributed by atoms with E-state index in [1.165, 1.54) is 35.6 Å². The number of carbonyl (C=O) groups excluding carboxylic acids is 2. The van der Waals surface area contributed by atoms with Crippen LogP contribution in [0, 0.1) is 5.82 Å². The maximum absolute atomic E-state index is 12.9. The molecular formula is C18H14ClFN4O2S. The Morgan fingerprint density at radius 1 is 0.963 bits per heavy atom. The van der Waals surface area contributed by atoms with Gasteiger partial charge in [0.15, 0.2) is 5.13 Å². The van der Waals surface area contributed by atoms with Gasteiger partial charge < -0.3 is 10.6 Å². The fraction of sp³-hybridized carbons (Fsp3) is 0.0556. The van der Waals surface area contributed by atoms with Crippen LogP contribution in [-0.4, -0.2) is 16.9 Å². The van der Waals surface area contributed by atoms with Crippen molar-refractivity contribution >= 4 is 51.4 Å². The quantitative estimate of drug-likeness (QED) is 0.573. The molecule has 0 aliphatic carbocycles. The number of carbonyl (C=O) groups is 2. The zero-order valence-corrected chi connectivity index (χ0v) is 15.4. The molecule has 2 aromatic carbocycles. The molecule has 0 spiro atoms. The summed E-state index contributed by atoms with van der Waals surface area (Å²) in [6, 6.07) is 11.7. The van der Waals surface area contributed by atoms with Crippen LogP contribution in [0.2, 0.25) is 5.02 Å². The molecule has 3 N–H and O–H groups in total. The van der Waals surface area contributed by atoms with E-state index in [1.807, 2.05) is 0 Å². The van der Waals surface area contributed by atoms with Crippen molar-refractivity contribution in [3.8, 4) is 0 Å². The monoisotopic (exact) mass is 404 g/mol. The average molecular weight is 405 g/mol. The summed E-state index contributed by atoms with van der Waals surface area (Å²) < 4.78 is 12.9. The zero-order chi connectivity index (χ0) is 19.2. The molecular weight excluding hydrogens is 391 g/mol. The van der Waals surface area contributed by atoms with Gasteiger partial charge in [-0.2, -0.15) is 0 Å². The van der Waals surface area contributed by atoms with Crippen molar-refractivity contribution in [1.29, 1.82) is 0 Å². The van der Waals surface area contributed by atoms with Gasteiger partial charge >= 0.3 is 6.03 Å². The molecule has 0 saturated carbocycles. The second-order valence-corrected chi connectivity index (χ2v) is 6.76. The van der Waals surface area contributed by atoms with Crippen molar-refractivity contribution in [2.24, 2.45) is 0 Å². The van der Waals surface area contributed by atoms with Gasteiger partial charge in [-0.1, -0.05) is 11.6 Å². The van der Waals surface area contributed by atoms with Crippen LogP contribution in [0.5, 0.6) is 0 Å². The van der Waals surface area contributed by atoms with Gasteiger partial charge in [-0.3, -0.25) is 10.1 Å². The summed E-state index contributed by atoms with van der Waals surface area (Å²) in [6.45, 7) is 0. The number of aromatic nitrogens is 1. The lowest BCUT2D eigenvalue weighted by molar-refractivity contribution is -0.115. The van der Waals surface area contributed by atoms with Gasteiger partial charge in [-0.25, -0.2) is 14.2 Å². The molecule has 3 amide bonds. The summed E-state index contributed by atoms with van der Waals surface area (Å²) in [6.07, 6.45) is 0.0698. The number of hydrogen-bond donors (Lipinski definition) is 3. The number of hydrogen-bond acceptors (Lipinski definition) is 4. The summed E-state index contributed by atoms with van der Waals surface area (Å²) in [5, 5.41) is 10.5. The second kappa shape index (κ2) is 8.61. The lowest BCUT2D eigenvalue weighted by atomic mass is 10.3. The molecule has 3 rings (SSSR count). The number of nitrogens with zero attached hydrogens (tertiary/aromatic N) is 1. The minimum atomic E-state index is -0.506. The number of thiazole rings is 1. The van der Waals surface area contributed by atoms with Crippen LogP contribution in [0.25, 0.3) is 0 Å². The first-order valence-corrected chi connectivity index (χ1v) is 9.07. The first kappa shape index (κ1) is 18.8. The van der Waals surface area contributed by atoms with Crippen LogP contribution >= 0.6 is 22.9 Å². The van der Waals surface area contributed by atoms with Crippen molar-refractivity contribution in [1.82, 2.24) is 4.98 Å². The standard InChI is InChI=1S/C18H14ClFN4O2S/c19-11-1-5-13(6-2-11)21-16(25)9-15-10-27-18(23-15)24-17(26)22-14-7-3-12(20)4-8-14/h1-8,10H,9H2,(H,21,25)(H2,22,23,24,26). The lowest BCUT2D eigenvalue weighted by Gasteiger charge is -2.05. The molecule has 9 heteroatoms. The first-order chi connectivity index (χ1) is 13.0. The Hall–Kier alpha value is -2.97. The van der Waals surface area contributed by atoms with Crippen LogP contribution in [0.4, 0.5) is 25.7 Å². The molecule has 27 heavy (non-hydrogen) atoms. The largest absolute Gasteiger partial charge is 0.326 e. The highest BCUT2D eigenvalue weighted by Gasteiger charge is 2.10. The van der Waals surface area contributed by atoms with E-state index in [1.54, 1.807) is 29.6 Å². The molecule has 0 atom stereocenters. The van der Waals surface area contributed by atoms with E-state index in [4.69, 9.17) is 11.6 Å². The minimum absolute atomic E-state index is 0.0698. The van der Waals surface area contributed by atoms with E-state index in [9.17, 15) is 14.0 Å².